The van der Waals surface area contributed by atoms with Gasteiger partial charge < -0.3 is 20.2 Å². The first-order valence-corrected chi connectivity index (χ1v) is 10.8. The first-order valence-electron chi connectivity index (χ1n) is 10.8. The van der Waals surface area contributed by atoms with Gasteiger partial charge in [0.2, 0.25) is 0 Å². The van der Waals surface area contributed by atoms with Crippen molar-refractivity contribution in [3.8, 4) is 5.75 Å². The molecule has 0 radical (unpaired) electrons. The van der Waals surface area contributed by atoms with E-state index in [9.17, 15) is 5.11 Å². The second-order valence-corrected chi connectivity index (χ2v) is 7.61. The molecule has 31 heavy (non-hydrogen) atoms. The Balaban J connectivity index is 1.43. The molecule has 1 aromatic heterocycles. The van der Waals surface area contributed by atoms with Crippen molar-refractivity contribution in [2.75, 3.05) is 37.6 Å². The third-order valence-corrected chi connectivity index (χ3v) is 5.55. The minimum Gasteiger partial charge on any atom is -0.506 e. The molecular formula is C24H30N6O. The molecule has 7 nitrogen and oxygen atoms in total. The number of phenolic OH excluding ortho intramolecular Hbond substituents is 1. The van der Waals surface area contributed by atoms with E-state index in [1.54, 1.807) is 12.3 Å². The maximum absolute atomic E-state index is 10.2. The zero-order chi connectivity index (χ0) is 21.5. The van der Waals surface area contributed by atoms with Crippen LogP contribution in [0.3, 0.4) is 0 Å². The standard InChI is InChI=1S/C24H30N6O/c1-2-25-24(29-16-14-28(15-17-29)22-10-5-6-11-23(22)31)26-18-20-8-3-4-9-21(20)19-30-13-7-12-27-30/h3-13,31H,2,14-19H2,1H3,(H,25,26). The zero-order valence-electron chi connectivity index (χ0n) is 18.0. The third-order valence-electron chi connectivity index (χ3n) is 5.55. The number of aromatic nitrogens is 2. The van der Waals surface area contributed by atoms with Gasteiger partial charge in [0, 0.05) is 45.1 Å². The van der Waals surface area contributed by atoms with Gasteiger partial charge in [-0.15, -0.1) is 0 Å². The van der Waals surface area contributed by atoms with Crippen LogP contribution in [0.25, 0.3) is 0 Å². The van der Waals surface area contributed by atoms with E-state index in [1.165, 1.54) is 11.1 Å². The number of hydrogen-bond acceptors (Lipinski definition) is 4. The summed E-state index contributed by atoms with van der Waals surface area (Å²) in [6.07, 6.45) is 3.78. The summed E-state index contributed by atoms with van der Waals surface area (Å²) in [5.41, 5.74) is 3.34. The number of piperazine rings is 1. The second kappa shape index (κ2) is 10.0. The van der Waals surface area contributed by atoms with E-state index in [0.29, 0.717) is 12.3 Å². The molecule has 3 aromatic rings. The SMILES string of the molecule is CCNC(=NCc1ccccc1Cn1cccn1)N1CCN(c2ccccc2O)CC1. The summed E-state index contributed by atoms with van der Waals surface area (Å²) >= 11 is 0. The van der Waals surface area contributed by atoms with Gasteiger partial charge in [-0.05, 0) is 36.2 Å². The number of para-hydroxylation sites is 2. The first kappa shape index (κ1) is 20.8. The van der Waals surface area contributed by atoms with Crippen LogP contribution < -0.4 is 10.2 Å². The van der Waals surface area contributed by atoms with Gasteiger partial charge in [0.1, 0.15) is 5.75 Å². The smallest absolute Gasteiger partial charge is 0.194 e. The molecule has 0 aliphatic carbocycles. The van der Waals surface area contributed by atoms with Gasteiger partial charge in [0.15, 0.2) is 5.96 Å². The molecule has 0 unspecified atom stereocenters. The van der Waals surface area contributed by atoms with Crippen molar-refractivity contribution >= 4 is 11.6 Å². The van der Waals surface area contributed by atoms with E-state index < -0.39 is 0 Å². The Bertz CT molecular complexity index is 993. The summed E-state index contributed by atoms with van der Waals surface area (Å²) in [7, 11) is 0. The van der Waals surface area contributed by atoms with Gasteiger partial charge in [-0.2, -0.15) is 5.10 Å². The van der Waals surface area contributed by atoms with E-state index in [0.717, 1.165) is 50.9 Å². The van der Waals surface area contributed by atoms with Crippen LogP contribution in [-0.2, 0) is 13.1 Å². The molecule has 162 valence electrons. The number of nitrogens with zero attached hydrogens (tertiary/aromatic N) is 5. The van der Waals surface area contributed by atoms with Crippen molar-refractivity contribution in [3.63, 3.8) is 0 Å². The lowest BCUT2D eigenvalue weighted by atomic mass is 10.1. The summed E-state index contributed by atoms with van der Waals surface area (Å²) < 4.78 is 1.94. The predicted octanol–water partition coefficient (Wildman–Crippen LogP) is 2.92. The molecule has 0 amide bonds. The molecule has 7 heteroatoms. The Hall–Kier alpha value is -3.48. The van der Waals surface area contributed by atoms with E-state index in [4.69, 9.17) is 4.99 Å². The number of guanidine groups is 1. The Morgan fingerprint density at radius 2 is 1.74 bits per heavy atom. The minimum absolute atomic E-state index is 0.338. The lowest BCUT2D eigenvalue weighted by molar-refractivity contribution is 0.369. The van der Waals surface area contributed by atoms with Crippen LogP contribution in [0.2, 0.25) is 0 Å². The fourth-order valence-electron chi connectivity index (χ4n) is 3.91. The van der Waals surface area contributed by atoms with Gasteiger partial charge in [-0.1, -0.05) is 36.4 Å². The molecule has 4 rings (SSSR count). The van der Waals surface area contributed by atoms with Crippen LogP contribution >= 0.6 is 0 Å². The Kier molecular flexibility index (Phi) is 6.72. The van der Waals surface area contributed by atoms with Gasteiger partial charge in [0.05, 0.1) is 18.8 Å². The van der Waals surface area contributed by atoms with Gasteiger partial charge >= 0.3 is 0 Å². The predicted molar refractivity (Wildman–Crippen MR) is 124 cm³/mol. The molecule has 2 N–H and O–H groups in total. The van der Waals surface area contributed by atoms with Crippen LogP contribution in [0, 0.1) is 0 Å². The largest absolute Gasteiger partial charge is 0.506 e. The van der Waals surface area contributed by atoms with Crippen LogP contribution in [0.5, 0.6) is 5.75 Å². The highest BCUT2D eigenvalue weighted by Gasteiger charge is 2.21. The van der Waals surface area contributed by atoms with E-state index in [1.807, 2.05) is 35.1 Å². The molecule has 0 spiro atoms. The van der Waals surface area contributed by atoms with Crippen molar-refractivity contribution < 1.29 is 5.11 Å². The summed E-state index contributed by atoms with van der Waals surface area (Å²) in [6, 6.07) is 17.9. The number of aromatic hydroxyl groups is 1. The number of rotatable bonds is 6. The average molecular weight is 419 g/mol. The van der Waals surface area contributed by atoms with Gasteiger partial charge in [0.25, 0.3) is 0 Å². The molecule has 0 saturated carbocycles. The van der Waals surface area contributed by atoms with Crippen molar-refractivity contribution in [2.45, 2.75) is 20.0 Å². The summed E-state index contributed by atoms with van der Waals surface area (Å²) in [5, 5.41) is 17.9. The number of anilines is 1. The summed E-state index contributed by atoms with van der Waals surface area (Å²) in [6.45, 7) is 7.70. The highest BCUT2D eigenvalue weighted by atomic mass is 16.3. The van der Waals surface area contributed by atoms with Crippen LogP contribution in [0.4, 0.5) is 5.69 Å². The van der Waals surface area contributed by atoms with Crippen LogP contribution in [-0.4, -0.2) is 58.5 Å². The topological polar surface area (TPSA) is 68.9 Å². The highest BCUT2D eigenvalue weighted by Crippen LogP contribution is 2.27. The maximum atomic E-state index is 10.2. The molecule has 1 aliphatic heterocycles. The summed E-state index contributed by atoms with van der Waals surface area (Å²) in [4.78, 5) is 9.48. The molecule has 2 aromatic carbocycles. The zero-order valence-corrected chi connectivity index (χ0v) is 18.0. The van der Waals surface area contributed by atoms with Crippen LogP contribution in [0.1, 0.15) is 18.1 Å². The minimum atomic E-state index is 0.338. The Morgan fingerprint density at radius 1 is 1.00 bits per heavy atom. The lowest BCUT2D eigenvalue weighted by Crippen LogP contribution is -2.52. The van der Waals surface area contributed by atoms with Crippen molar-refractivity contribution in [3.05, 3.63) is 78.1 Å². The fourth-order valence-corrected chi connectivity index (χ4v) is 3.91. The van der Waals surface area contributed by atoms with E-state index in [-0.39, 0.29) is 0 Å². The monoisotopic (exact) mass is 418 g/mol. The Morgan fingerprint density at radius 3 is 2.45 bits per heavy atom. The first-order chi connectivity index (χ1) is 15.2. The normalized spacial score (nSPS) is 14.7. The fraction of sp³-hybridized carbons (Fsp3) is 0.333. The Labute approximate surface area is 183 Å². The molecular weight excluding hydrogens is 388 g/mol. The second-order valence-electron chi connectivity index (χ2n) is 7.61. The van der Waals surface area contributed by atoms with E-state index in [2.05, 4.69) is 51.4 Å². The molecule has 1 aliphatic rings. The summed E-state index contributed by atoms with van der Waals surface area (Å²) in [5.74, 6) is 1.28. The number of phenols is 1. The van der Waals surface area contributed by atoms with Crippen molar-refractivity contribution in [1.82, 2.24) is 20.0 Å². The van der Waals surface area contributed by atoms with Gasteiger partial charge in [-0.3, -0.25) is 4.68 Å². The van der Waals surface area contributed by atoms with Crippen molar-refractivity contribution in [1.29, 1.82) is 0 Å². The van der Waals surface area contributed by atoms with Crippen molar-refractivity contribution in [2.24, 2.45) is 4.99 Å². The molecule has 0 bridgehead atoms. The molecule has 2 heterocycles. The number of hydrogen-bond donors (Lipinski definition) is 2. The number of benzene rings is 2. The third kappa shape index (κ3) is 5.17. The van der Waals surface area contributed by atoms with Crippen LogP contribution in [0.15, 0.2) is 72.0 Å². The molecule has 0 atom stereocenters. The quantitative estimate of drug-likeness (QED) is 0.476. The number of aliphatic imine (C=N–C) groups is 1. The molecule has 1 fully saturated rings. The number of nitrogens with one attached hydrogen (secondary N) is 1. The lowest BCUT2D eigenvalue weighted by Gasteiger charge is -2.37. The van der Waals surface area contributed by atoms with E-state index >= 15 is 0 Å². The van der Waals surface area contributed by atoms with Gasteiger partial charge in [-0.25, -0.2) is 4.99 Å². The maximum Gasteiger partial charge on any atom is 0.194 e. The average Bonchev–Trinajstić information content (AvgIpc) is 3.31. The highest BCUT2D eigenvalue weighted by molar-refractivity contribution is 5.80. The molecule has 1 saturated heterocycles.